The molecule has 0 saturated carbocycles. The Morgan fingerprint density at radius 2 is 2.03 bits per heavy atom. The van der Waals surface area contributed by atoms with Crippen LogP contribution in [0.3, 0.4) is 0 Å². The monoisotopic (exact) mass is 435 g/mol. The van der Waals surface area contributed by atoms with Crippen LogP contribution < -0.4 is 20.1 Å². The molecule has 0 aliphatic carbocycles. The summed E-state index contributed by atoms with van der Waals surface area (Å²) in [4.78, 5) is 26.7. The van der Waals surface area contributed by atoms with Gasteiger partial charge in [0, 0.05) is 18.3 Å². The number of nitrogens with zero attached hydrogens (tertiary/aromatic N) is 1. The maximum absolute atomic E-state index is 13.1. The van der Waals surface area contributed by atoms with E-state index in [-0.39, 0.29) is 63.2 Å². The number of fused-ring (bicyclic) bond motifs is 2. The first kappa shape index (κ1) is 21.7. The number of rotatable bonds is 4. The van der Waals surface area contributed by atoms with E-state index in [1.165, 1.54) is 0 Å². The number of aliphatic hydroxyl groups is 1. The Morgan fingerprint density at radius 3 is 2.87 bits per heavy atom. The molecule has 31 heavy (non-hydrogen) atoms. The highest BCUT2D eigenvalue weighted by atomic mass is 16.7. The van der Waals surface area contributed by atoms with Crippen LogP contribution in [0, 0.1) is 0 Å². The molecular formula is C21H29N3O7. The highest BCUT2D eigenvalue weighted by molar-refractivity contribution is 5.90. The van der Waals surface area contributed by atoms with Crippen molar-refractivity contribution in [1.29, 1.82) is 0 Å². The van der Waals surface area contributed by atoms with Crippen LogP contribution >= 0.6 is 0 Å². The van der Waals surface area contributed by atoms with Crippen molar-refractivity contribution in [3.63, 3.8) is 0 Å². The molecular weight excluding hydrogens is 406 g/mol. The van der Waals surface area contributed by atoms with Gasteiger partial charge in [0.1, 0.15) is 6.10 Å². The third-order valence-electron chi connectivity index (χ3n) is 5.65. The number of amides is 3. The lowest BCUT2D eigenvalue weighted by molar-refractivity contribution is -0.149. The van der Waals surface area contributed by atoms with Gasteiger partial charge in [0.2, 0.25) is 12.7 Å². The number of nitrogens with one attached hydrogen (secondary N) is 2. The Hall–Kier alpha value is -2.56. The van der Waals surface area contributed by atoms with Crippen molar-refractivity contribution in [1.82, 2.24) is 10.2 Å². The number of β-amino-alcohol motifs (C(OH)–C–C–N with tert-alkyl or cyclic N) is 1. The van der Waals surface area contributed by atoms with E-state index in [9.17, 15) is 14.7 Å². The normalized spacial score (nSPS) is 27.6. The summed E-state index contributed by atoms with van der Waals surface area (Å²) in [7, 11) is 0. The number of urea groups is 1. The van der Waals surface area contributed by atoms with Crippen molar-refractivity contribution < 1.29 is 33.6 Å². The summed E-state index contributed by atoms with van der Waals surface area (Å²) in [5.41, 5.74) is 0.574. The van der Waals surface area contributed by atoms with E-state index in [1.807, 2.05) is 6.92 Å². The fourth-order valence-electron chi connectivity index (χ4n) is 4.22. The van der Waals surface area contributed by atoms with Crippen molar-refractivity contribution in [2.45, 2.75) is 50.5 Å². The number of ether oxygens (including phenoxy) is 4. The molecule has 0 spiro atoms. The maximum Gasteiger partial charge on any atom is 0.322 e. The predicted molar refractivity (Wildman–Crippen MR) is 110 cm³/mol. The molecule has 3 aliphatic heterocycles. The van der Waals surface area contributed by atoms with Crippen LogP contribution in [-0.2, 0) is 14.3 Å². The van der Waals surface area contributed by atoms with Gasteiger partial charge in [-0.1, -0.05) is 0 Å². The van der Waals surface area contributed by atoms with Gasteiger partial charge in [-0.05, 0) is 31.9 Å². The molecule has 1 aromatic rings. The molecule has 0 radical (unpaired) electrons. The fourth-order valence-corrected chi connectivity index (χ4v) is 4.22. The number of hydrogen-bond donors (Lipinski definition) is 3. The van der Waals surface area contributed by atoms with Crippen LogP contribution in [0.4, 0.5) is 10.5 Å². The molecule has 3 heterocycles. The van der Waals surface area contributed by atoms with Crippen LogP contribution in [0.15, 0.2) is 18.2 Å². The number of anilines is 1. The van der Waals surface area contributed by atoms with Gasteiger partial charge in [-0.25, -0.2) is 4.79 Å². The Labute approximate surface area is 180 Å². The van der Waals surface area contributed by atoms with E-state index < -0.39 is 6.10 Å². The summed E-state index contributed by atoms with van der Waals surface area (Å²) in [6, 6.07) is 4.59. The van der Waals surface area contributed by atoms with Gasteiger partial charge in [0.15, 0.2) is 11.5 Å². The standard InChI is InChI=1S/C21H29N3O7/c1-2-22-20(26)8-15-4-5-16-19(31-15)11-28-10-14(25)9-24(16)21(27)23-13-3-6-17-18(7-13)30-12-29-17/h3,6-7,14-16,19,25H,2,4-5,8-12H2,1H3,(H,22,26)(H,23,27)/t14-,15+,16-,19+/m1/s1. The molecule has 3 N–H and O–H groups in total. The SMILES string of the molecule is CCNC(=O)C[C@@H]1CC[C@@H]2[C@H](COC[C@H](O)CN2C(=O)Nc2ccc3c(c2)OCO3)O1. The summed E-state index contributed by atoms with van der Waals surface area (Å²) in [5.74, 6) is 1.16. The fraction of sp³-hybridized carbons (Fsp3) is 0.619. The minimum atomic E-state index is -0.795. The van der Waals surface area contributed by atoms with Crippen molar-refractivity contribution in [2.75, 3.05) is 38.4 Å². The zero-order valence-corrected chi connectivity index (χ0v) is 17.5. The van der Waals surface area contributed by atoms with Gasteiger partial charge in [0.25, 0.3) is 0 Å². The smallest absolute Gasteiger partial charge is 0.322 e. The molecule has 0 unspecified atom stereocenters. The largest absolute Gasteiger partial charge is 0.454 e. The Kier molecular flexibility index (Phi) is 6.79. The first-order chi connectivity index (χ1) is 15.0. The maximum atomic E-state index is 13.1. The predicted octanol–water partition coefficient (Wildman–Crippen LogP) is 1.08. The first-order valence-corrected chi connectivity index (χ1v) is 10.7. The number of aliphatic hydroxyl groups excluding tert-OH is 1. The molecule has 3 aliphatic rings. The topological polar surface area (TPSA) is 119 Å². The highest BCUT2D eigenvalue weighted by Crippen LogP contribution is 2.34. The first-order valence-electron chi connectivity index (χ1n) is 10.7. The molecule has 4 atom stereocenters. The average Bonchev–Trinajstić information content (AvgIpc) is 3.19. The Bertz CT molecular complexity index is 805. The Morgan fingerprint density at radius 1 is 1.19 bits per heavy atom. The second kappa shape index (κ2) is 9.71. The number of carbonyl (C=O) groups excluding carboxylic acids is 2. The van der Waals surface area contributed by atoms with Crippen molar-refractivity contribution in [2.24, 2.45) is 0 Å². The second-order valence-electron chi connectivity index (χ2n) is 7.94. The van der Waals surface area contributed by atoms with Crippen molar-refractivity contribution in [3.8, 4) is 11.5 Å². The zero-order chi connectivity index (χ0) is 21.8. The lowest BCUT2D eigenvalue weighted by atomic mass is 9.95. The van der Waals surface area contributed by atoms with E-state index in [1.54, 1.807) is 23.1 Å². The molecule has 0 bridgehead atoms. The molecule has 2 saturated heterocycles. The Balaban J connectivity index is 1.44. The quantitative estimate of drug-likeness (QED) is 0.648. The second-order valence-corrected chi connectivity index (χ2v) is 7.94. The molecule has 1 aromatic carbocycles. The van der Waals surface area contributed by atoms with E-state index in [0.717, 1.165) is 0 Å². The van der Waals surface area contributed by atoms with E-state index in [0.29, 0.717) is 36.6 Å². The number of hydrogen-bond acceptors (Lipinski definition) is 7. The molecule has 4 rings (SSSR count). The van der Waals surface area contributed by atoms with Crippen LogP contribution in [0.1, 0.15) is 26.2 Å². The van der Waals surface area contributed by atoms with E-state index in [4.69, 9.17) is 18.9 Å². The van der Waals surface area contributed by atoms with Gasteiger partial charge < -0.3 is 39.6 Å². The van der Waals surface area contributed by atoms with Crippen LogP contribution in [0.25, 0.3) is 0 Å². The zero-order valence-electron chi connectivity index (χ0n) is 17.5. The van der Waals surface area contributed by atoms with Gasteiger partial charge >= 0.3 is 6.03 Å². The number of carbonyl (C=O) groups is 2. The lowest BCUT2D eigenvalue weighted by Gasteiger charge is -2.44. The molecule has 170 valence electrons. The lowest BCUT2D eigenvalue weighted by Crippen LogP contribution is -2.58. The van der Waals surface area contributed by atoms with E-state index >= 15 is 0 Å². The average molecular weight is 435 g/mol. The summed E-state index contributed by atoms with van der Waals surface area (Å²) < 4.78 is 22.4. The molecule has 10 heteroatoms. The van der Waals surface area contributed by atoms with Gasteiger partial charge in [0.05, 0.1) is 44.4 Å². The van der Waals surface area contributed by atoms with Crippen LogP contribution in [0.2, 0.25) is 0 Å². The highest BCUT2D eigenvalue weighted by Gasteiger charge is 2.40. The van der Waals surface area contributed by atoms with Crippen molar-refractivity contribution in [3.05, 3.63) is 18.2 Å². The van der Waals surface area contributed by atoms with Crippen molar-refractivity contribution >= 4 is 17.6 Å². The number of benzene rings is 1. The third kappa shape index (κ3) is 5.20. The molecule has 3 amide bonds. The van der Waals surface area contributed by atoms with Gasteiger partial charge in [-0.15, -0.1) is 0 Å². The summed E-state index contributed by atoms with van der Waals surface area (Å²) in [6.45, 7) is 3.10. The third-order valence-corrected chi connectivity index (χ3v) is 5.65. The molecule has 0 aromatic heterocycles. The summed E-state index contributed by atoms with van der Waals surface area (Å²) >= 11 is 0. The summed E-state index contributed by atoms with van der Waals surface area (Å²) in [5, 5.41) is 15.9. The minimum absolute atomic E-state index is 0.0504. The van der Waals surface area contributed by atoms with Crippen LogP contribution in [-0.4, -0.2) is 79.4 Å². The molecule has 2 fully saturated rings. The summed E-state index contributed by atoms with van der Waals surface area (Å²) in [6.07, 6.45) is 0.184. The van der Waals surface area contributed by atoms with Gasteiger partial charge in [-0.3, -0.25) is 4.79 Å². The minimum Gasteiger partial charge on any atom is -0.454 e. The van der Waals surface area contributed by atoms with Crippen LogP contribution in [0.5, 0.6) is 11.5 Å². The van der Waals surface area contributed by atoms with E-state index in [2.05, 4.69) is 10.6 Å². The molecule has 10 nitrogen and oxygen atoms in total. The van der Waals surface area contributed by atoms with Gasteiger partial charge in [-0.2, -0.15) is 0 Å².